The van der Waals surface area contributed by atoms with Crippen molar-refractivity contribution in [2.24, 2.45) is 5.92 Å². The van der Waals surface area contributed by atoms with Crippen LogP contribution < -0.4 is 25.4 Å². The third-order valence-corrected chi connectivity index (χ3v) is 8.72. The molecule has 4 heterocycles. The largest absolute Gasteiger partial charge is 0.481 e. The number of amides is 4. The van der Waals surface area contributed by atoms with Crippen LogP contribution in [0.2, 0.25) is 0 Å². The fourth-order valence-corrected chi connectivity index (χ4v) is 6.31. The number of fused-ring (bicyclic) bond motifs is 4. The Labute approximate surface area is 287 Å². The zero-order valence-corrected chi connectivity index (χ0v) is 28.7. The molecular formula is C34H39N7O7S. The van der Waals surface area contributed by atoms with E-state index in [9.17, 15) is 19.2 Å². The summed E-state index contributed by atoms with van der Waals surface area (Å²) in [5.41, 5.74) is 1.20. The summed E-state index contributed by atoms with van der Waals surface area (Å²) in [5, 5.41) is 10.9. The number of carbonyl (C=O) groups excluding carboxylic acids is 4. The maximum Gasteiger partial charge on any atom is 0.273 e. The van der Waals surface area contributed by atoms with Gasteiger partial charge in [-0.1, -0.05) is 44.2 Å². The SMILES string of the molecule is COc1ccc(C(=O)N2CC(=O)N[C@H](Cc3ccccc3)c3nc(cs3)C(=O)N[C@H](C)c3nc(co3)C(=O)N[C@H](CC(C)C)C2)c(OC)n1. The van der Waals surface area contributed by atoms with Gasteiger partial charge in [0.2, 0.25) is 23.6 Å². The van der Waals surface area contributed by atoms with Crippen LogP contribution in [0.15, 0.2) is 58.5 Å². The van der Waals surface area contributed by atoms with Crippen LogP contribution in [0, 0.1) is 5.92 Å². The van der Waals surface area contributed by atoms with Crippen LogP contribution in [-0.2, 0) is 11.2 Å². The van der Waals surface area contributed by atoms with Gasteiger partial charge in [0.1, 0.15) is 28.6 Å². The number of methoxy groups -OCH3 is 2. The molecule has 3 N–H and O–H groups in total. The van der Waals surface area contributed by atoms with Gasteiger partial charge >= 0.3 is 0 Å². The van der Waals surface area contributed by atoms with Crippen LogP contribution in [0.4, 0.5) is 0 Å². The highest BCUT2D eigenvalue weighted by atomic mass is 32.1. The van der Waals surface area contributed by atoms with Gasteiger partial charge in [-0.05, 0) is 37.3 Å². The predicted octanol–water partition coefficient (Wildman–Crippen LogP) is 3.73. The Hall–Kier alpha value is -5.31. The number of aromatic nitrogens is 3. The Balaban J connectivity index is 1.55. The molecule has 5 rings (SSSR count). The minimum Gasteiger partial charge on any atom is -0.481 e. The topological polar surface area (TPSA) is 178 Å². The second-order valence-electron chi connectivity index (χ2n) is 12.0. The lowest BCUT2D eigenvalue weighted by molar-refractivity contribution is -0.122. The van der Waals surface area contributed by atoms with E-state index < -0.39 is 41.8 Å². The molecule has 0 saturated carbocycles. The second kappa shape index (κ2) is 15.7. The summed E-state index contributed by atoms with van der Waals surface area (Å²) in [7, 11) is 2.83. The van der Waals surface area contributed by atoms with Gasteiger partial charge in [0.05, 0.1) is 26.8 Å². The highest BCUT2D eigenvalue weighted by molar-refractivity contribution is 7.09. The van der Waals surface area contributed by atoms with Gasteiger partial charge in [-0.2, -0.15) is 4.98 Å². The van der Waals surface area contributed by atoms with E-state index in [1.807, 2.05) is 44.2 Å². The normalized spacial score (nSPS) is 18.9. The first kappa shape index (κ1) is 35.0. The Morgan fingerprint density at radius 3 is 2.45 bits per heavy atom. The summed E-state index contributed by atoms with van der Waals surface area (Å²) in [6, 6.07) is 10.7. The standard InChI is InChI=1S/C34H39N7O7S/c1-19(2)13-22-15-41(34(45)23-11-12-28(46-4)40-32(23)47-5)16-27(42)37-24(14-21-9-7-6-8-10-21)33-39-26(18-49-33)30(44)35-20(3)31-38-25(17-48-31)29(43)36-22/h6-12,17-20,22,24H,13-16H2,1-5H3,(H,35,44)(H,36,43)(H,37,42)/t20-,22-,24-/m1/s1. The lowest BCUT2D eigenvalue weighted by Crippen LogP contribution is -2.50. The van der Waals surface area contributed by atoms with E-state index in [4.69, 9.17) is 13.9 Å². The number of nitrogens with zero attached hydrogens (tertiary/aromatic N) is 4. The number of carbonyl (C=O) groups is 4. The van der Waals surface area contributed by atoms with E-state index >= 15 is 0 Å². The van der Waals surface area contributed by atoms with E-state index in [-0.39, 0.29) is 53.6 Å². The number of thiazole rings is 1. The molecule has 0 fully saturated rings. The quantitative estimate of drug-likeness (QED) is 0.259. The Kier molecular flexibility index (Phi) is 11.2. The summed E-state index contributed by atoms with van der Waals surface area (Å²) in [5.74, 6) is -1.49. The van der Waals surface area contributed by atoms with Crippen LogP contribution in [0.3, 0.4) is 0 Å². The van der Waals surface area contributed by atoms with Crippen LogP contribution in [0.25, 0.3) is 0 Å². The molecule has 0 spiro atoms. The first-order valence-electron chi connectivity index (χ1n) is 15.8. The molecular weight excluding hydrogens is 650 g/mol. The van der Waals surface area contributed by atoms with E-state index in [1.165, 1.54) is 48.9 Å². The maximum absolute atomic E-state index is 14.2. The van der Waals surface area contributed by atoms with Gasteiger partial charge in [0.15, 0.2) is 5.69 Å². The number of oxazole rings is 1. The highest BCUT2D eigenvalue weighted by Gasteiger charge is 2.30. The van der Waals surface area contributed by atoms with Crippen molar-refractivity contribution >= 4 is 35.0 Å². The van der Waals surface area contributed by atoms with Crippen molar-refractivity contribution in [3.05, 3.63) is 87.5 Å². The van der Waals surface area contributed by atoms with Crippen molar-refractivity contribution in [3.8, 4) is 11.8 Å². The molecule has 0 saturated heterocycles. The molecule has 0 aliphatic carbocycles. The monoisotopic (exact) mass is 689 g/mol. The molecule has 1 aliphatic rings. The van der Waals surface area contributed by atoms with Crippen molar-refractivity contribution in [2.75, 3.05) is 27.3 Å². The zero-order chi connectivity index (χ0) is 35.1. The van der Waals surface area contributed by atoms with Crippen molar-refractivity contribution in [2.45, 2.75) is 51.7 Å². The lowest BCUT2D eigenvalue weighted by Gasteiger charge is -2.29. The van der Waals surface area contributed by atoms with E-state index in [1.54, 1.807) is 12.3 Å². The number of hydrogen-bond acceptors (Lipinski definition) is 11. The van der Waals surface area contributed by atoms with Gasteiger partial charge in [0, 0.05) is 24.0 Å². The van der Waals surface area contributed by atoms with Crippen LogP contribution in [0.1, 0.15) is 87.1 Å². The molecule has 258 valence electrons. The minimum absolute atomic E-state index is 0.00214. The fraction of sp³-hybridized carbons (Fsp3) is 0.382. The Morgan fingerprint density at radius 1 is 0.980 bits per heavy atom. The number of rotatable bonds is 7. The fourth-order valence-electron chi connectivity index (χ4n) is 5.46. The smallest absolute Gasteiger partial charge is 0.273 e. The predicted molar refractivity (Wildman–Crippen MR) is 179 cm³/mol. The van der Waals surface area contributed by atoms with Crippen LogP contribution >= 0.6 is 11.3 Å². The van der Waals surface area contributed by atoms with Crippen molar-refractivity contribution in [1.82, 2.24) is 35.8 Å². The summed E-state index contributed by atoms with van der Waals surface area (Å²) in [6.07, 6.45) is 2.07. The Bertz CT molecular complexity index is 1790. The number of ether oxygens (including phenoxy) is 2. The molecule has 0 unspecified atom stereocenters. The summed E-state index contributed by atoms with van der Waals surface area (Å²) in [4.78, 5) is 69.2. The lowest BCUT2D eigenvalue weighted by atomic mass is 10.0. The molecule has 1 aliphatic heterocycles. The van der Waals surface area contributed by atoms with Gasteiger partial charge in [-0.3, -0.25) is 19.2 Å². The van der Waals surface area contributed by atoms with Crippen LogP contribution in [-0.4, -0.2) is 76.8 Å². The van der Waals surface area contributed by atoms with Gasteiger partial charge in [-0.15, -0.1) is 11.3 Å². The zero-order valence-electron chi connectivity index (χ0n) is 27.9. The number of pyridine rings is 1. The summed E-state index contributed by atoms with van der Waals surface area (Å²) < 4.78 is 16.2. The Morgan fingerprint density at radius 2 is 1.73 bits per heavy atom. The highest BCUT2D eigenvalue weighted by Crippen LogP contribution is 2.25. The van der Waals surface area contributed by atoms with E-state index in [2.05, 4.69) is 30.9 Å². The molecule has 1 aromatic carbocycles. The van der Waals surface area contributed by atoms with Gasteiger partial charge < -0.3 is 34.7 Å². The first-order chi connectivity index (χ1) is 23.5. The molecule has 3 atom stereocenters. The molecule has 0 radical (unpaired) electrons. The van der Waals surface area contributed by atoms with Crippen LogP contribution in [0.5, 0.6) is 11.8 Å². The molecule has 4 aromatic rings. The second-order valence-corrected chi connectivity index (χ2v) is 12.9. The molecule has 3 aromatic heterocycles. The van der Waals surface area contributed by atoms with E-state index in [0.29, 0.717) is 17.8 Å². The molecule has 4 amide bonds. The number of benzene rings is 1. The average Bonchev–Trinajstić information content (AvgIpc) is 3.78. The van der Waals surface area contributed by atoms with Crippen molar-refractivity contribution < 1.29 is 33.1 Å². The van der Waals surface area contributed by atoms with Crippen molar-refractivity contribution in [1.29, 1.82) is 0 Å². The molecule has 4 bridgehead atoms. The minimum atomic E-state index is -0.675. The first-order valence-corrected chi connectivity index (χ1v) is 16.7. The third kappa shape index (κ3) is 8.79. The summed E-state index contributed by atoms with van der Waals surface area (Å²) >= 11 is 1.23. The van der Waals surface area contributed by atoms with Gasteiger partial charge in [0.25, 0.3) is 17.7 Å². The number of nitrogens with one attached hydrogen (secondary N) is 3. The van der Waals surface area contributed by atoms with E-state index in [0.717, 1.165) is 5.56 Å². The van der Waals surface area contributed by atoms with Gasteiger partial charge in [-0.25, -0.2) is 9.97 Å². The third-order valence-electron chi connectivity index (χ3n) is 7.76. The molecule has 14 nitrogen and oxygen atoms in total. The number of hydrogen-bond donors (Lipinski definition) is 3. The molecule has 49 heavy (non-hydrogen) atoms. The molecule has 15 heteroatoms. The summed E-state index contributed by atoms with van der Waals surface area (Å²) in [6.45, 7) is 5.27. The van der Waals surface area contributed by atoms with Crippen molar-refractivity contribution in [3.63, 3.8) is 0 Å². The maximum atomic E-state index is 14.2. The average molecular weight is 690 g/mol.